The number of hydroxylamine groups is 1. The second kappa shape index (κ2) is 5.95. The van der Waals surface area contributed by atoms with Crippen LogP contribution < -0.4 is 5.48 Å². The summed E-state index contributed by atoms with van der Waals surface area (Å²) in [4.78, 5) is 16.0. The van der Waals surface area contributed by atoms with Crippen LogP contribution in [-0.4, -0.2) is 36.4 Å². The molecule has 0 unspecified atom stereocenters. The number of hydrogen-bond donors (Lipinski definition) is 2. The van der Waals surface area contributed by atoms with Gasteiger partial charge in [-0.1, -0.05) is 6.92 Å². The first-order valence-corrected chi connectivity index (χ1v) is 4.61. The molecule has 14 heavy (non-hydrogen) atoms. The highest BCUT2D eigenvalue weighted by molar-refractivity contribution is 5.77. The maximum absolute atomic E-state index is 11.4. The average molecular weight is 205 g/mol. The summed E-state index contributed by atoms with van der Waals surface area (Å²) in [7, 11) is 1.38. The largest absolute Gasteiger partial charge is 0.464 e. The van der Waals surface area contributed by atoms with Gasteiger partial charge in [0.1, 0.15) is 0 Å². The molecule has 0 aromatic heterocycles. The molecule has 0 aromatic carbocycles. The Hall–Kier alpha value is -0.650. The fourth-order valence-corrected chi connectivity index (χ4v) is 0.885. The van der Waals surface area contributed by atoms with Crippen LogP contribution >= 0.6 is 0 Å². The van der Waals surface area contributed by atoms with Gasteiger partial charge in [0.05, 0.1) is 19.3 Å². The summed E-state index contributed by atoms with van der Waals surface area (Å²) in [6.45, 7) is 5.26. The molecule has 0 saturated carbocycles. The zero-order valence-corrected chi connectivity index (χ0v) is 9.16. The Morgan fingerprint density at radius 3 is 2.50 bits per heavy atom. The lowest BCUT2D eigenvalue weighted by molar-refractivity contribution is -0.159. The summed E-state index contributed by atoms with van der Waals surface area (Å²) >= 11 is 0. The van der Waals surface area contributed by atoms with E-state index in [9.17, 15) is 9.90 Å². The van der Waals surface area contributed by atoms with Gasteiger partial charge in [-0.25, -0.2) is 0 Å². The molecule has 0 bridgehead atoms. The van der Waals surface area contributed by atoms with Gasteiger partial charge in [0, 0.05) is 0 Å². The van der Waals surface area contributed by atoms with Crippen molar-refractivity contribution in [2.75, 3.05) is 13.7 Å². The van der Waals surface area contributed by atoms with Crippen LogP contribution in [0.25, 0.3) is 0 Å². The molecule has 2 N–H and O–H groups in total. The van der Waals surface area contributed by atoms with E-state index in [1.54, 1.807) is 0 Å². The zero-order valence-electron chi connectivity index (χ0n) is 9.16. The number of nitrogens with one attached hydrogen (secondary N) is 1. The van der Waals surface area contributed by atoms with Crippen LogP contribution in [0.15, 0.2) is 0 Å². The lowest BCUT2D eigenvalue weighted by atomic mass is 10.0. The molecule has 0 aliphatic heterocycles. The molecule has 5 heteroatoms. The monoisotopic (exact) mass is 205 g/mol. The third-order valence-corrected chi connectivity index (χ3v) is 1.63. The summed E-state index contributed by atoms with van der Waals surface area (Å²) in [5, 5.41) is 9.63. The molecule has 5 nitrogen and oxygen atoms in total. The smallest absolute Gasteiger partial charge is 0.328 e. The predicted octanol–water partition coefficient (Wildman–Crippen LogP) is 0.230. The normalized spacial score (nSPS) is 13.8. The van der Waals surface area contributed by atoms with Crippen molar-refractivity contribution >= 4 is 5.97 Å². The Morgan fingerprint density at radius 1 is 1.57 bits per heavy atom. The maximum Gasteiger partial charge on any atom is 0.328 e. The first-order valence-electron chi connectivity index (χ1n) is 4.61. The lowest BCUT2D eigenvalue weighted by Crippen LogP contribution is -2.52. The Labute approximate surface area is 84.3 Å². The van der Waals surface area contributed by atoms with Crippen molar-refractivity contribution in [2.45, 2.75) is 38.8 Å². The molecule has 0 fully saturated rings. The van der Waals surface area contributed by atoms with Gasteiger partial charge < -0.3 is 14.7 Å². The SMILES string of the molecule is CCCOC(=O)[C@@H](NOC)C(C)(C)O. The Bertz CT molecular complexity index is 176. The minimum Gasteiger partial charge on any atom is -0.464 e. The second-order valence-corrected chi connectivity index (χ2v) is 3.58. The van der Waals surface area contributed by atoms with Gasteiger partial charge in [0.2, 0.25) is 0 Å². The molecule has 0 heterocycles. The lowest BCUT2D eigenvalue weighted by Gasteiger charge is -2.27. The minimum atomic E-state index is -1.22. The van der Waals surface area contributed by atoms with Gasteiger partial charge in [-0.2, -0.15) is 5.48 Å². The summed E-state index contributed by atoms with van der Waals surface area (Å²) in [5.74, 6) is -0.513. The van der Waals surface area contributed by atoms with Crippen molar-refractivity contribution in [3.05, 3.63) is 0 Å². The first-order chi connectivity index (χ1) is 6.43. The fourth-order valence-electron chi connectivity index (χ4n) is 0.885. The van der Waals surface area contributed by atoms with Gasteiger partial charge in [0.15, 0.2) is 6.04 Å². The van der Waals surface area contributed by atoms with Crippen molar-refractivity contribution < 1.29 is 19.5 Å². The van der Waals surface area contributed by atoms with E-state index in [2.05, 4.69) is 10.3 Å². The van der Waals surface area contributed by atoms with E-state index in [-0.39, 0.29) is 0 Å². The number of ether oxygens (including phenoxy) is 1. The van der Waals surface area contributed by atoms with E-state index in [0.717, 1.165) is 6.42 Å². The van der Waals surface area contributed by atoms with Crippen molar-refractivity contribution in [1.29, 1.82) is 0 Å². The van der Waals surface area contributed by atoms with Crippen LogP contribution in [0.4, 0.5) is 0 Å². The highest BCUT2D eigenvalue weighted by Gasteiger charge is 2.34. The topological polar surface area (TPSA) is 67.8 Å². The van der Waals surface area contributed by atoms with Crippen LogP contribution in [0.3, 0.4) is 0 Å². The van der Waals surface area contributed by atoms with E-state index >= 15 is 0 Å². The molecule has 0 saturated heterocycles. The van der Waals surface area contributed by atoms with Gasteiger partial charge in [-0.05, 0) is 20.3 Å². The number of hydrogen-bond acceptors (Lipinski definition) is 5. The molecular formula is C9H19NO4. The van der Waals surface area contributed by atoms with Gasteiger partial charge in [-0.3, -0.25) is 4.79 Å². The predicted molar refractivity (Wildman–Crippen MR) is 51.5 cm³/mol. The van der Waals surface area contributed by atoms with Gasteiger partial charge in [0.25, 0.3) is 0 Å². The average Bonchev–Trinajstić information content (AvgIpc) is 2.08. The van der Waals surface area contributed by atoms with Crippen molar-refractivity contribution in [3.63, 3.8) is 0 Å². The third kappa shape index (κ3) is 4.55. The number of carbonyl (C=O) groups is 1. The Morgan fingerprint density at radius 2 is 2.14 bits per heavy atom. The highest BCUT2D eigenvalue weighted by Crippen LogP contribution is 2.10. The van der Waals surface area contributed by atoms with Crippen LogP contribution in [0, 0.1) is 0 Å². The molecule has 0 aliphatic rings. The minimum absolute atomic E-state index is 0.344. The summed E-state index contributed by atoms with van der Waals surface area (Å²) in [6, 6.07) is -0.876. The molecule has 0 rings (SSSR count). The number of esters is 1. The van der Waals surface area contributed by atoms with E-state index in [1.165, 1.54) is 21.0 Å². The van der Waals surface area contributed by atoms with E-state index < -0.39 is 17.6 Å². The van der Waals surface area contributed by atoms with E-state index in [0.29, 0.717) is 6.61 Å². The summed E-state index contributed by atoms with van der Waals surface area (Å²) < 4.78 is 4.89. The van der Waals surface area contributed by atoms with Crippen molar-refractivity contribution in [3.8, 4) is 0 Å². The van der Waals surface area contributed by atoms with E-state index in [4.69, 9.17) is 4.74 Å². The molecule has 84 valence electrons. The molecular weight excluding hydrogens is 186 g/mol. The Balaban J connectivity index is 4.26. The summed E-state index contributed by atoms with van der Waals surface area (Å²) in [5.41, 5.74) is 1.19. The molecule has 0 spiro atoms. The third-order valence-electron chi connectivity index (χ3n) is 1.63. The highest BCUT2D eigenvalue weighted by atomic mass is 16.6. The van der Waals surface area contributed by atoms with Crippen molar-refractivity contribution in [1.82, 2.24) is 5.48 Å². The zero-order chi connectivity index (χ0) is 11.2. The van der Waals surface area contributed by atoms with Gasteiger partial charge in [-0.15, -0.1) is 0 Å². The van der Waals surface area contributed by atoms with Crippen LogP contribution in [0.5, 0.6) is 0 Å². The van der Waals surface area contributed by atoms with Crippen LogP contribution in [0.2, 0.25) is 0 Å². The van der Waals surface area contributed by atoms with Crippen molar-refractivity contribution in [2.24, 2.45) is 0 Å². The summed E-state index contributed by atoms with van der Waals surface area (Å²) in [6.07, 6.45) is 0.747. The first kappa shape index (κ1) is 13.4. The number of aliphatic hydroxyl groups is 1. The molecule has 0 aromatic rings. The quantitative estimate of drug-likeness (QED) is 0.480. The second-order valence-electron chi connectivity index (χ2n) is 3.58. The molecule has 0 amide bonds. The van der Waals surface area contributed by atoms with Crippen LogP contribution in [0.1, 0.15) is 27.2 Å². The number of rotatable bonds is 6. The maximum atomic E-state index is 11.4. The van der Waals surface area contributed by atoms with Gasteiger partial charge >= 0.3 is 5.97 Å². The number of carbonyl (C=O) groups excluding carboxylic acids is 1. The van der Waals surface area contributed by atoms with Crippen LogP contribution in [-0.2, 0) is 14.4 Å². The standard InChI is InChI=1S/C9H19NO4/c1-5-6-14-8(11)7(10-13-4)9(2,3)12/h7,10,12H,5-6H2,1-4H3/t7-/m1/s1. The Kier molecular flexibility index (Phi) is 5.68. The van der Waals surface area contributed by atoms with E-state index in [1.807, 2.05) is 6.92 Å². The fraction of sp³-hybridized carbons (Fsp3) is 0.889. The molecule has 0 radical (unpaired) electrons. The molecule has 0 aliphatic carbocycles. The molecule has 1 atom stereocenters.